The normalized spacial score (nSPS) is 14.0. The third-order valence-electron chi connectivity index (χ3n) is 7.88. The van der Waals surface area contributed by atoms with Gasteiger partial charge in [0.1, 0.15) is 12.6 Å². The molecular weight excluding hydrogens is 542 g/mol. The monoisotopic (exact) mass is 573 g/mol. The number of para-hydroxylation sites is 2. The van der Waals surface area contributed by atoms with Crippen LogP contribution < -0.4 is 4.90 Å². The maximum atomic E-state index is 14.6. The number of anilines is 1. The molecule has 2 heterocycles. The van der Waals surface area contributed by atoms with Gasteiger partial charge in [0.2, 0.25) is 11.8 Å². The summed E-state index contributed by atoms with van der Waals surface area (Å²) in [7, 11) is 0. The number of aromatic nitrogens is 1. The summed E-state index contributed by atoms with van der Waals surface area (Å²) in [6.45, 7) is 3.85. The van der Waals surface area contributed by atoms with Crippen molar-refractivity contribution in [3.8, 4) is 5.69 Å². The lowest BCUT2D eigenvalue weighted by molar-refractivity contribution is -0.137. The van der Waals surface area contributed by atoms with E-state index < -0.39 is 12.0 Å². The summed E-state index contributed by atoms with van der Waals surface area (Å²) in [6.07, 6.45) is 2.02. The molecule has 42 heavy (non-hydrogen) atoms. The smallest absolute Gasteiger partial charge is 0.247 e. The van der Waals surface area contributed by atoms with Gasteiger partial charge in [-0.2, -0.15) is 0 Å². The van der Waals surface area contributed by atoms with Crippen molar-refractivity contribution in [3.63, 3.8) is 0 Å². The molecule has 210 valence electrons. The van der Waals surface area contributed by atoms with Gasteiger partial charge in [-0.15, -0.1) is 0 Å². The highest BCUT2D eigenvalue weighted by Crippen LogP contribution is 2.43. The Labute approximate surface area is 251 Å². The standard InChI is InChI=1S/C36H32ClN3O2/c1-25(2)39(36(42)34(26-13-5-3-6-14-26)27-15-7-4-8-16-27)24-33(41)40-31-20-10-9-19-30(31)38-22-12-21-32(38)35(40)28-17-11-18-29(37)23-28/h3-23,25,34-35H,24H2,1-2H3/t35-/m1/s1. The Balaban J connectivity index is 1.41. The molecule has 5 aromatic rings. The van der Waals surface area contributed by atoms with Crippen LogP contribution in [0.4, 0.5) is 5.69 Å². The molecule has 1 aliphatic rings. The summed E-state index contributed by atoms with van der Waals surface area (Å²) >= 11 is 6.45. The second-order valence-electron chi connectivity index (χ2n) is 10.8. The second kappa shape index (κ2) is 11.7. The molecule has 0 bridgehead atoms. The molecule has 0 unspecified atom stereocenters. The van der Waals surface area contributed by atoms with Gasteiger partial charge in [0.25, 0.3) is 0 Å². The van der Waals surface area contributed by atoms with E-state index in [-0.39, 0.29) is 24.4 Å². The fourth-order valence-electron chi connectivity index (χ4n) is 5.93. The number of fused-ring (bicyclic) bond motifs is 3. The number of nitrogens with zero attached hydrogens (tertiary/aromatic N) is 3. The van der Waals surface area contributed by atoms with Gasteiger partial charge in [-0.05, 0) is 66.9 Å². The van der Waals surface area contributed by atoms with Gasteiger partial charge < -0.3 is 9.47 Å². The van der Waals surface area contributed by atoms with E-state index in [4.69, 9.17) is 11.6 Å². The average Bonchev–Trinajstić information content (AvgIpc) is 3.50. The zero-order valence-corrected chi connectivity index (χ0v) is 24.4. The molecule has 0 fully saturated rings. The molecule has 1 atom stereocenters. The van der Waals surface area contributed by atoms with Crippen LogP contribution in [0.25, 0.3) is 5.69 Å². The highest BCUT2D eigenvalue weighted by molar-refractivity contribution is 6.30. The van der Waals surface area contributed by atoms with Gasteiger partial charge in [-0.1, -0.05) is 96.5 Å². The zero-order valence-electron chi connectivity index (χ0n) is 23.6. The van der Waals surface area contributed by atoms with E-state index in [0.29, 0.717) is 5.02 Å². The van der Waals surface area contributed by atoms with E-state index in [1.54, 1.807) is 4.90 Å². The minimum absolute atomic E-state index is 0.0707. The van der Waals surface area contributed by atoms with E-state index in [0.717, 1.165) is 33.8 Å². The predicted octanol–water partition coefficient (Wildman–Crippen LogP) is 7.64. The van der Waals surface area contributed by atoms with Gasteiger partial charge in [-0.3, -0.25) is 14.5 Å². The second-order valence-corrected chi connectivity index (χ2v) is 11.3. The van der Waals surface area contributed by atoms with Crippen molar-refractivity contribution < 1.29 is 9.59 Å². The lowest BCUT2D eigenvalue weighted by Crippen LogP contribution is -2.49. The van der Waals surface area contributed by atoms with E-state index >= 15 is 0 Å². The Hall–Kier alpha value is -4.61. The maximum Gasteiger partial charge on any atom is 0.247 e. The lowest BCUT2D eigenvalue weighted by Gasteiger charge is -2.40. The number of benzene rings is 4. The van der Waals surface area contributed by atoms with Gasteiger partial charge in [0.05, 0.1) is 23.0 Å². The molecular formula is C36H32ClN3O2. The number of carbonyl (C=O) groups excluding carboxylic acids is 2. The number of hydrogen-bond donors (Lipinski definition) is 0. The fraction of sp³-hybridized carbons (Fsp3) is 0.167. The summed E-state index contributed by atoms with van der Waals surface area (Å²) in [6, 6.07) is 38.5. The number of amides is 2. The first-order chi connectivity index (χ1) is 20.4. The Morgan fingerprint density at radius 2 is 1.38 bits per heavy atom. The van der Waals surface area contributed by atoms with Gasteiger partial charge in [-0.25, -0.2) is 0 Å². The Morgan fingerprint density at radius 3 is 2.00 bits per heavy atom. The SMILES string of the molecule is CC(C)N(CC(=O)N1c2ccccc2-n2cccc2[C@H]1c1cccc(Cl)c1)C(=O)C(c1ccccc1)c1ccccc1. The minimum atomic E-state index is -0.530. The summed E-state index contributed by atoms with van der Waals surface area (Å²) in [4.78, 5) is 32.5. The van der Waals surface area contributed by atoms with E-state index in [1.165, 1.54) is 0 Å². The van der Waals surface area contributed by atoms with Crippen LogP contribution in [0.5, 0.6) is 0 Å². The van der Waals surface area contributed by atoms with Crippen LogP contribution in [-0.4, -0.2) is 33.9 Å². The van der Waals surface area contributed by atoms with Crippen molar-refractivity contribution >= 4 is 29.1 Å². The minimum Gasteiger partial charge on any atom is -0.330 e. The summed E-state index contributed by atoms with van der Waals surface area (Å²) < 4.78 is 2.12. The molecule has 1 aromatic heterocycles. The van der Waals surface area contributed by atoms with Gasteiger partial charge >= 0.3 is 0 Å². The molecule has 4 aromatic carbocycles. The number of carbonyl (C=O) groups is 2. The van der Waals surface area contributed by atoms with Gasteiger partial charge in [0, 0.05) is 17.3 Å². The topological polar surface area (TPSA) is 45.6 Å². The average molecular weight is 574 g/mol. The highest BCUT2D eigenvalue weighted by atomic mass is 35.5. The molecule has 0 spiro atoms. The van der Waals surface area contributed by atoms with Crippen LogP contribution in [0.2, 0.25) is 5.02 Å². The molecule has 6 heteroatoms. The molecule has 2 amide bonds. The number of rotatable bonds is 7. The Kier molecular flexibility index (Phi) is 7.68. The molecule has 0 saturated heterocycles. The number of halogens is 1. The molecule has 0 N–H and O–H groups in total. The van der Waals surface area contributed by atoms with E-state index in [9.17, 15) is 9.59 Å². The molecule has 5 nitrogen and oxygen atoms in total. The maximum absolute atomic E-state index is 14.6. The van der Waals surface area contributed by atoms with Crippen LogP contribution in [0.1, 0.15) is 48.2 Å². The summed E-state index contributed by atoms with van der Waals surface area (Å²) in [5, 5.41) is 0.601. The summed E-state index contributed by atoms with van der Waals surface area (Å²) in [5.41, 5.74) is 5.35. The van der Waals surface area contributed by atoms with Crippen LogP contribution >= 0.6 is 11.6 Å². The van der Waals surface area contributed by atoms with E-state index in [2.05, 4.69) is 4.57 Å². The van der Waals surface area contributed by atoms with Crippen molar-refractivity contribution in [2.45, 2.75) is 31.8 Å². The molecule has 0 aliphatic carbocycles. The molecule has 6 rings (SSSR count). The lowest BCUT2D eigenvalue weighted by atomic mass is 9.89. The molecule has 1 aliphatic heterocycles. The van der Waals surface area contributed by atoms with Crippen molar-refractivity contribution in [1.82, 2.24) is 9.47 Å². The molecule has 0 radical (unpaired) electrons. The van der Waals surface area contributed by atoms with Crippen molar-refractivity contribution in [1.29, 1.82) is 0 Å². The third-order valence-corrected chi connectivity index (χ3v) is 8.11. The van der Waals surface area contributed by atoms with Crippen LogP contribution in [0.15, 0.2) is 128 Å². The highest BCUT2D eigenvalue weighted by Gasteiger charge is 2.38. The molecule has 0 saturated carbocycles. The first kappa shape index (κ1) is 27.6. The largest absolute Gasteiger partial charge is 0.330 e. The van der Waals surface area contributed by atoms with Crippen molar-refractivity contribution in [3.05, 3.63) is 155 Å². The van der Waals surface area contributed by atoms with Gasteiger partial charge in [0.15, 0.2) is 0 Å². The number of hydrogen-bond acceptors (Lipinski definition) is 2. The Morgan fingerprint density at radius 1 is 0.762 bits per heavy atom. The van der Waals surface area contributed by atoms with Crippen LogP contribution in [0.3, 0.4) is 0 Å². The first-order valence-corrected chi connectivity index (χ1v) is 14.6. The first-order valence-electron chi connectivity index (χ1n) is 14.2. The summed E-state index contributed by atoms with van der Waals surface area (Å²) in [5.74, 6) is -0.803. The van der Waals surface area contributed by atoms with Crippen molar-refractivity contribution in [2.24, 2.45) is 0 Å². The van der Waals surface area contributed by atoms with Crippen LogP contribution in [-0.2, 0) is 9.59 Å². The van der Waals surface area contributed by atoms with Crippen molar-refractivity contribution in [2.75, 3.05) is 11.4 Å². The zero-order chi connectivity index (χ0) is 29.2. The van der Waals surface area contributed by atoms with E-state index in [1.807, 2.05) is 146 Å². The fourth-order valence-corrected chi connectivity index (χ4v) is 6.12. The Bertz CT molecular complexity index is 1670. The predicted molar refractivity (Wildman–Crippen MR) is 168 cm³/mol. The third kappa shape index (κ3) is 5.12. The van der Waals surface area contributed by atoms with Crippen LogP contribution in [0, 0.1) is 0 Å². The quantitative estimate of drug-likeness (QED) is 0.201.